The Labute approximate surface area is 241 Å². The zero-order chi connectivity index (χ0) is 29.1. The summed E-state index contributed by atoms with van der Waals surface area (Å²) in [6.45, 7) is 4.08. The number of hydrogen-bond acceptors (Lipinski definition) is 4. The molecule has 0 aliphatic heterocycles. The topological polar surface area (TPSA) is 84.3 Å². The van der Waals surface area contributed by atoms with Crippen molar-refractivity contribution in [1.82, 2.24) is 14.3 Å². The first-order valence-electron chi connectivity index (χ1n) is 13.8. The molecule has 2 atom stereocenters. The number of anilines is 1. The fraction of sp³-hybridized carbons (Fsp3) is 0.312. The molecule has 3 aromatic carbocycles. The van der Waals surface area contributed by atoms with Crippen molar-refractivity contribution >= 4 is 21.6 Å². The predicted octanol–water partition coefficient (Wildman–Crippen LogP) is 5.95. The van der Waals surface area contributed by atoms with Crippen LogP contribution in [0, 0.1) is 12.7 Å². The molecular weight excluding hydrogens is 539 g/mol. The Morgan fingerprint density at radius 1 is 1.15 bits per heavy atom. The van der Waals surface area contributed by atoms with Crippen LogP contribution in [0.25, 0.3) is 0 Å². The number of sulfonamides is 1. The maximum absolute atomic E-state index is 13.8. The number of aromatic nitrogens is 2. The van der Waals surface area contributed by atoms with Crippen LogP contribution in [0.15, 0.2) is 84.0 Å². The van der Waals surface area contributed by atoms with Crippen molar-refractivity contribution in [3.8, 4) is 0 Å². The first-order valence-corrected chi connectivity index (χ1v) is 15.3. The Morgan fingerprint density at radius 3 is 2.63 bits per heavy atom. The zero-order valence-corrected chi connectivity index (χ0v) is 24.4. The lowest BCUT2D eigenvalue weighted by Crippen LogP contribution is -2.34. The van der Waals surface area contributed by atoms with Crippen LogP contribution in [0.2, 0.25) is 0 Å². The van der Waals surface area contributed by atoms with Crippen molar-refractivity contribution < 1.29 is 17.6 Å². The van der Waals surface area contributed by atoms with Crippen LogP contribution in [0.4, 0.5) is 10.1 Å². The molecule has 1 heterocycles. The van der Waals surface area contributed by atoms with Gasteiger partial charge in [-0.15, -0.1) is 0 Å². The first kappa shape index (κ1) is 28.7. The Balaban J connectivity index is 1.46. The summed E-state index contributed by atoms with van der Waals surface area (Å²) in [6.07, 6.45) is 6.11. The highest BCUT2D eigenvalue weighted by Gasteiger charge is 2.28. The third kappa shape index (κ3) is 6.57. The highest BCUT2D eigenvalue weighted by atomic mass is 32.2. The van der Waals surface area contributed by atoms with Gasteiger partial charge in [-0.25, -0.2) is 22.5 Å². The second-order valence-corrected chi connectivity index (χ2v) is 12.6. The number of halogens is 1. The molecule has 0 unspecified atom stereocenters. The van der Waals surface area contributed by atoms with Crippen LogP contribution < -0.4 is 9.62 Å². The third-order valence-electron chi connectivity index (χ3n) is 7.79. The Morgan fingerprint density at radius 2 is 1.93 bits per heavy atom. The molecule has 1 aliphatic carbocycles. The molecule has 1 amide bonds. The normalized spacial score (nSPS) is 15.8. The van der Waals surface area contributed by atoms with Gasteiger partial charge in [-0.2, -0.15) is 0 Å². The van der Waals surface area contributed by atoms with Crippen LogP contribution in [0.3, 0.4) is 0 Å². The average molecular weight is 575 g/mol. The van der Waals surface area contributed by atoms with Gasteiger partial charge in [0.2, 0.25) is 15.9 Å². The second-order valence-electron chi connectivity index (χ2n) is 10.9. The van der Waals surface area contributed by atoms with Crippen LogP contribution in [-0.2, 0) is 34.8 Å². The Bertz CT molecular complexity index is 1650. The van der Waals surface area contributed by atoms with Gasteiger partial charge in [0, 0.05) is 37.6 Å². The number of rotatable bonds is 9. The maximum atomic E-state index is 13.8. The van der Waals surface area contributed by atoms with Crippen molar-refractivity contribution in [3.05, 3.63) is 113 Å². The number of carbonyl (C=O) groups is 1. The molecule has 7 nitrogen and oxygen atoms in total. The summed E-state index contributed by atoms with van der Waals surface area (Å²) in [5.74, 6) is 0.184. The van der Waals surface area contributed by atoms with Crippen molar-refractivity contribution in [2.75, 3.05) is 4.90 Å². The number of nitrogens with zero attached hydrogens (tertiary/aromatic N) is 3. The molecule has 1 N–H and O–H groups in total. The molecule has 9 heteroatoms. The summed E-state index contributed by atoms with van der Waals surface area (Å²) in [5.41, 5.74) is 4.39. The minimum atomic E-state index is -3.74. The van der Waals surface area contributed by atoms with E-state index in [1.54, 1.807) is 41.4 Å². The molecule has 0 fully saturated rings. The lowest BCUT2D eigenvalue weighted by molar-refractivity contribution is -0.119. The van der Waals surface area contributed by atoms with Crippen LogP contribution in [0.5, 0.6) is 0 Å². The van der Waals surface area contributed by atoms with Gasteiger partial charge in [-0.05, 0) is 90.8 Å². The highest BCUT2D eigenvalue weighted by molar-refractivity contribution is 7.89. The van der Waals surface area contributed by atoms with E-state index in [0.29, 0.717) is 12.1 Å². The summed E-state index contributed by atoms with van der Waals surface area (Å²) in [6, 6.07) is 18.6. The lowest BCUT2D eigenvalue weighted by atomic mass is 9.87. The SMILES string of the molecule is Cc1cccc(S(=O)(=O)N[C@H]2CCCc3ccc(N(Cc4nccn4C)C(=O)C[C@@H](C)c4ccc(F)cc4)cc32)c1. The number of carbonyl (C=O) groups excluding carboxylic acids is 1. The summed E-state index contributed by atoms with van der Waals surface area (Å²) in [7, 11) is -1.86. The fourth-order valence-electron chi connectivity index (χ4n) is 5.41. The molecule has 1 aromatic heterocycles. The van der Waals surface area contributed by atoms with Crippen LogP contribution in [0.1, 0.15) is 66.2 Å². The molecule has 0 radical (unpaired) electrons. The van der Waals surface area contributed by atoms with E-state index < -0.39 is 16.1 Å². The Hall–Kier alpha value is -3.82. The number of benzene rings is 3. The van der Waals surface area contributed by atoms with Crippen molar-refractivity contribution in [1.29, 1.82) is 0 Å². The minimum absolute atomic E-state index is 0.0996. The highest BCUT2D eigenvalue weighted by Crippen LogP contribution is 2.35. The van der Waals surface area contributed by atoms with E-state index in [-0.39, 0.29) is 35.5 Å². The van der Waals surface area contributed by atoms with Crippen molar-refractivity contribution in [2.24, 2.45) is 7.05 Å². The van der Waals surface area contributed by atoms with Gasteiger partial charge in [0.15, 0.2) is 0 Å². The van der Waals surface area contributed by atoms with E-state index >= 15 is 0 Å². The van der Waals surface area contributed by atoms with Gasteiger partial charge in [0.05, 0.1) is 11.4 Å². The molecule has 5 rings (SSSR count). The third-order valence-corrected chi connectivity index (χ3v) is 9.26. The molecule has 0 saturated carbocycles. The smallest absolute Gasteiger partial charge is 0.241 e. The van der Waals surface area contributed by atoms with Gasteiger partial charge in [-0.1, -0.05) is 37.3 Å². The van der Waals surface area contributed by atoms with E-state index in [1.807, 2.05) is 55.9 Å². The molecule has 41 heavy (non-hydrogen) atoms. The average Bonchev–Trinajstić information content (AvgIpc) is 3.36. The van der Waals surface area contributed by atoms with E-state index in [1.165, 1.54) is 12.1 Å². The summed E-state index contributed by atoms with van der Waals surface area (Å²) in [4.78, 5) is 20.2. The molecule has 0 saturated heterocycles. The van der Waals surface area contributed by atoms with E-state index in [0.717, 1.165) is 40.9 Å². The molecular formula is C32H35FN4O3S. The first-order chi connectivity index (χ1) is 19.6. The predicted molar refractivity (Wildman–Crippen MR) is 157 cm³/mol. The maximum Gasteiger partial charge on any atom is 0.241 e. The molecule has 0 bridgehead atoms. The molecule has 1 aliphatic rings. The lowest BCUT2D eigenvalue weighted by Gasteiger charge is -2.30. The number of imidazole rings is 1. The number of amides is 1. The van der Waals surface area contributed by atoms with Gasteiger partial charge < -0.3 is 9.47 Å². The monoisotopic (exact) mass is 574 g/mol. The van der Waals surface area contributed by atoms with E-state index in [9.17, 15) is 17.6 Å². The summed E-state index contributed by atoms with van der Waals surface area (Å²) < 4.78 is 44.9. The zero-order valence-electron chi connectivity index (χ0n) is 23.5. The molecule has 4 aromatic rings. The van der Waals surface area contributed by atoms with Crippen LogP contribution >= 0.6 is 0 Å². The van der Waals surface area contributed by atoms with E-state index in [2.05, 4.69) is 9.71 Å². The number of fused-ring (bicyclic) bond motifs is 1. The second kappa shape index (κ2) is 12.0. The summed E-state index contributed by atoms with van der Waals surface area (Å²) in [5, 5.41) is 0. The largest absolute Gasteiger partial charge is 0.337 e. The van der Waals surface area contributed by atoms with Gasteiger partial charge >= 0.3 is 0 Å². The van der Waals surface area contributed by atoms with Gasteiger partial charge in [-0.3, -0.25) is 4.79 Å². The Kier molecular flexibility index (Phi) is 8.37. The minimum Gasteiger partial charge on any atom is -0.337 e. The summed E-state index contributed by atoms with van der Waals surface area (Å²) >= 11 is 0. The standard InChI is InChI=1S/C32H35FN4O3S/c1-22-6-4-8-28(18-22)41(39,40)35-30-9-5-7-25-12-15-27(20-29(25)30)37(21-31-34-16-17-36(31)3)32(38)19-23(2)24-10-13-26(33)14-11-24/h4,6,8,10-18,20,23,30,35H,5,7,9,19,21H2,1-3H3/t23-,30+/m1/s1. The van der Waals surface area contributed by atoms with Crippen molar-refractivity contribution in [2.45, 2.75) is 62.9 Å². The number of nitrogens with one attached hydrogen (secondary N) is 1. The van der Waals surface area contributed by atoms with Crippen LogP contribution in [-0.4, -0.2) is 23.9 Å². The fourth-order valence-corrected chi connectivity index (χ4v) is 6.76. The van der Waals surface area contributed by atoms with Gasteiger partial charge in [0.1, 0.15) is 11.6 Å². The molecule has 0 spiro atoms. The number of aryl methyl sites for hydroxylation is 3. The van der Waals surface area contributed by atoms with Crippen molar-refractivity contribution in [3.63, 3.8) is 0 Å². The van der Waals surface area contributed by atoms with E-state index in [4.69, 9.17) is 0 Å². The quantitative estimate of drug-likeness (QED) is 0.268. The number of hydrogen-bond donors (Lipinski definition) is 1. The van der Waals surface area contributed by atoms with Gasteiger partial charge in [0.25, 0.3) is 0 Å². The molecule has 214 valence electrons.